The van der Waals surface area contributed by atoms with E-state index >= 15 is 0 Å². The molecule has 0 bridgehead atoms. The molecule has 8 heteroatoms. The Morgan fingerprint density at radius 2 is 1.95 bits per heavy atom. The second-order valence-corrected chi connectivity index (χ2v) is 5.98. The van der Waals surface area contributed by atoms with E-state index in [1.54, 1.807) is 23.0 Å². The number of pyridine rings is 1. The van der Waals surface area contributed by atoms with Gasteiger partial charge in [-0.15, -0.1) is 0 Å². The predicted molar refractivity (Wildman–Crippen MR) is 85.4 cm³/mol. The van der Waals surface area contributed by atoms with Crippen LogP contribution in [0.5, 0.6) is 0 Å². The van der Waals surface area contributed by atoms with Gasteiger partial charge in [0.2, 0.25) is 4.96 Å². The molecule has 0 saturated carbocycles. The number of fused-ring (bicyclic) bond motifs is 1. The molecule has 0 amide bonds. The van der Waals surface area contributed by atoms with E-state index in [0.29, 0.717) is 4.96 Å². The maximum Gasteiger partial charge on any atom is 0.276 e. The van der Waals surface area contributed by atoms with E-state index in [9.17, 15) is 4.79 Å². The average molecular weight is 314 g/mol. The monoisotopic (exact) mass is 314 g/mol. The van der Waals surface area contributed by atoms with Gasteiger partial charge in [0, 0.05) is 50.2 Å². The van der Waals surface area contributed by atoms with Gasteiger partial charge in [-0.05, 0) is 12.1 Å². The lowest BCUT2D eigenvalue weighted by Gasteiger charge is -2.28. The van der Waals surface area contributed by atoms with E-state index in [-0.39, 0.29) is 5.56 Å². The van der Waals surface area contributed by atoms with Crippen LogP contribution in [-0.2, 0) is 0 Å². The molecule has 22 heavy (non-hydrogen) atoms. The van der Waals surface area contributed by atoms with Crippen LogP contribution in [0.4, 0.5) is 5.82 Å². The van der Waals surface area contributed by atoms with Gasteiger partial charge in [0.05, 0.1) is 0 Å². The quantitative estimate of drug-likeness (QED) is 0.747. The number of rotatable bonds is 2. The van der Waals surface area contributed by atoms with Crippen molar-refractivity contribution >= 4 is 22.1 Å². The van der Waals surface area contributed by atoms with Crippen LogP contribution >= 0.6 is 11.3 Å². The first-order chi connectivity index (χ1) is 10.8. The Labute approximate surface area is 130 Å². The van der Waals surface area contributed by atoms with Crippen molar-refractivity contribution in [3.8, 4) is 10.6 Å². The van der Waals surface area contributed by atoms with E-state index in [1.165, 1.54) is 11.3 Å². The Morgan fingerprint density at radius 1 is 1.18 bits per heavy atom. The van der Waals surface area contributed by atoms with Crippen molar-refractivity contribution in [2.75, 3.05) is 31.1 Å². The lowest BCUT2D eigenvalue weighted by molar-refractivity contribution is 0.579. The van der Waals surface area contributed by atoms with Crippen molar-refractivity contribution < 1.29 is 0 Å². The number of nitrogens with zero attached hydrogens (tertiary/aromatic N) is 5. The summed E-state index contributed by atoms with van der Waals surface area (Å²) in [6.07, 6.45) is 3.46. The highest BCUT2D eigenvalue weighted by Crippen LogP contribution is 2.26. The summed E-state index contributed by atoms with van der Waals surface area (Å²) in [5, 5.41) is 8.78. The molecule has 0 unspecified atom stereocenters. The molecule has 0 atom stereocenters. The molecular formula is C14H14N6OS. The first-order valence-electron chi connectivity index (χ1n) is 7.08. The summed E-state index contributed by atoms with van der Waals surface area (Å²) < 4.78 is 1.77. The molecule has 3 aromatic heterocycles. The Bertz CT molecular complexity index is 853. The molecule has 0 radical (unpaired) electrons. The highest BCUT2D eigenvalue weighted by Gasteiger charge is 2.17. The zero-order chi connectivity index (χ0) is 14.9. The van der Waals surface area contributed by atoms with Crippen LogP contribution in [0.25, 0.3) is 15.5 Å². The van der Waals surface area contributed by atoms with Crippen molar-refractivity contribution in [2.24, 2.45) is 0 Å². The van der Waals surface area contributed by atoms with Crippen molar-refractivity contribution in [1.29, 1.82) is 0 Å². The number of aromatic nitrogens is 4. The maximum atomic E-state index is 11.9. The number of nitrogens with one attached hydrogen (secondary N) is 1. The lowest BCUT2D eigenvalue weighted by Crippen LogP contribution is -2.44. The number of anilines is 1. The van der Waals surface area contributed by atoms with Gasteiger partial charge in [0.15, 0.2) is 0 Å². The fraction of sp³-hybridized carbons (Fsp3) is 0.286. The van der Waals surface area contributed by atoms with Crippen LogP contribution < -0.4 is 15.8 Å². The third-order valence-corrected chi connectivity index (χ3v) is 4.56. The van der Waals surface area contributed by atoms with Gasteiger partial charge in [-0.1, -0.05) is 11.3 Å². The van der Waals surface area contributed by atoms with Gasteiger partial charge in [-0.2, -0.15) is 14.6 Å². The molecule has 0 aliphatic carbocycles. The fourth-order valence-corrected chi connectivity index (χ4v) is 3.44. The van der Waals surface area contributed by atoms with Crippen LogP contribution in [0.3, 0.4) is 0 Å². The topological polar surface area (TPSA) is 75.4 Å². The Kier molecular flexibility index (Phi) is 3.32. The lowest BCUT2D eigenvalue weighted by atomic mass is 10.3. The molecule has 1 N–H and O–H groups in total. The smallest absolute Gasteiger partial charge is 0.276 e. The minimum atomic E-state index is -0.224. The number of piperazine rings is 1. The molecule has 4 rings (SSSR count). The standard InChI is InChI=1S/C14H14N6OS/c21-11-9-12(19-7-5-16-6-8-19)20-14(17-11)22-13(18-20)10-1-3-15-4-2-10/h1-4,9,16H,5-8H2. The van der Waals surface area contributed by atoms with Gasteiger partial charge in [0.25, 0.3) is 5.56 Å². The van der Waals surface area contributed by atoms with Gasteiger partial charge in [0.1, 0.15) is 10.8 Å². The molecule has 7 nitrogen and oxygen atoms in total. The molecule has 1 aliphatic heterocycles. The van der Waals surface area contributed by atoms with Crippen molar-refractivity contribution in [3.63, 3.8) is 0 Å². The third-order valence-electron chi connectivity index (χ3n) is 3.60. The van der Waals surface area contributed by atoms with Gasteiger partial charge in [-0.3, -0.25) is 9.78 Å². The van der Waals surface area contributed by atoms with E-state index in [0.717, 1.165) is 42.6 Å². The molecule has 0 aromatic carbocycles. The van der Waals surface area contributed by atoms with E-state index < -0.39 is 0 Å². The van der Waals surface area contributed by atoms with Crippen molar-refractivity contribution in [2.45, 2.75) is 0 Å². The average Bonchev–Trinajstić information content (AvgIpc) is 2.99. The summed E-state index contributed by atoms with van der Waals surface area (Å²) in [6.45, 7) is 3.52. The molecule has 4 heterocycles. The normalized spacial score (nSPS) is 15.4. The highest BCUT2D eigenvalue weighted by atomic mass is 32.1. The summed E-state index contributed by atoms with van der Waals surface area (Å²) in [6, 6.07) is 5.37. The zero-order valence-electron chi connectivity index (χ0n) is 11.8. The van der Waals surface area contributed by atoms with Gasteiger partial charge < -0.3 is 10.2 Å². The molecule has 1 aliphatic rings. The summed E-state index contributed by atoms with van der Waals surface area (Å²) in [7, 11) is 0. The van der Waals surface area contributed by atoms with Crippen LogP contribution in [0.2, 0.25) is 0 Å². The van der Waals surface area contributed by atoms with E-state index in [2.05, 4.69) is 25.3 Å². The second-order valence-electron chi connectivity index (χ2n) is 5.03. The van der Waals surface area contributed by atoms with Crippen LogP contribution in [0.15, 0.2) is 35.4 Å². The minimum Gasteiger partial charge on any atom is -0.354 e. The Balaban J connectivity index is 1.86. The summed E-state index contributed by atoms with van der Waals surface area (Å²) in [4.78, 5) is 22.8. The predicted octanol–water partition coefficient (Wildman–Crippen LogP) is 0.623. The summed E-state index contributed by atoms with van der Waals surface area (Å²) in [5.74, 6) is 0.813. The van der Waals surface area contributed by atoms with Crippen LogP contribution in [-0.4, -0.2) is 45.8 Å². The Morgan fingerprint density at radius 3 is 2.73 bits per heavy atom. The molecule has 0 spiro atoms. The highest BCUT2D eigenvalue weighted by molar-refractivity contribution is 7.19. The largest absolute Gasteiger partial charge is 0.354 e. The van der Waals surface area contributed by atoms with Gasteiger partial charge >= 0.3 is 0 Å². The second kappa shape index (κ2) is 5.47. The van der Waals surface area contributed by atoms with Crippen LogP contribution in [0, 0.1) is 0 Å². The molecule has 3 aromatic rings. The van der Waals surface area contributed by atoms with E-state index in [1.807, 2.05) is 12.1 Å². The van der Waals surface area contributed by atoms with Crippen LogP contribution in [0.1, 0.15) is 0 Å². The van der Waals surface area contributed by atoms with Crippen molar-refractivity contribution in [1.82, 2.24) is 24.9 Å². The first-order valence-corrected chi connectivity index (χ1v) is 7.90. The van der Waals surface area contributed by atoms with E-state index in [4.69, 9.17) is 0 Å². The fourth-order valence-electron chi connectivity index (χ4n) is 2.53. The summed E-state index contributed by atoms with van der Waals surface area (Å²) >= 11 is 1.41. The SMILES string of the molecule is O=c1cc(N2CCNCC2)n2nc(-c3ccncc3)sc2n1. The molecule has 1 saturated heterocycles. The molecule has 112 valence electrons. The third kappa shape index (κ3) is 2.36. The van der Waals surface area contributed by atoms with Crippen molar-refractivity contribution in [3.05, 3.63) is 40.9 Å². The molecule has 1 fully saturated rings. The maximum absolute atomic E-state index is 11.9. The zero-order valence-corrected chi connectivity index (χ0v) is 12.6. The summed E-state index contributed by atoms with van der Waals surface area (Å²) in [5.41, 5.74) is 0.752. The Hall–Kier alpha value is -2.32. The first kappa shape index (κ1) is 13.4. The minimum absolute atomic E-state index is 0.224. The molecular weight excluding hydrogens is 300 g/mol. The van der Waals surface area contributed by atoms with Gasteiger partial charge in [-0.25, -0.2) is 0 Å². The number of hydrogen-bond acceptors (Lipinski definition) is 7. The number of hydrogen-bond donors (Lipinski definition) is 1.